The predicted molar refractivity (Wildman–Crippen MR) is 89.1 cm³/mol. The highest BCUT2D eigenvalue weighted by Gasteiger charge is 2.34. The Labute approximate surface area is 156 Å². The molecule has 1 aliphatic heterocycles. The first kappa shape index (κ1) is 19.5. The van der Waals surface area contributed by atoms with Crippen molar-refractivity contribution < 1.29 is 27.7 Å². The minimum absolute atomic E-state index is 0.0629. The van der Waals surface area contributed by atoms with Crippen LogP contribution in [0, 0.1) is 33.5 Å². The number of carbonyl (C=O) groups is 2. The number of halogens is 3. The van der Waals surface area contributed by atoms with Crippen molar-refractivity contribution in [3.63, 3.8) is 0 Å². The number of benzene rings is 1. The Morgan fingerprint density at radius 2 is 1.75 bits per heavy atom. The van der Waals surface area contributed by atoms with E-state index in [1.807, 2.05) is 0 Å². The number of nitro groups is 1. The average molecular weight is 396 g/mol. The number of carbonyl (C=O) groups excluding carboxylic acids is 2. The lowest BCUT2D eigenvalue weighted by Gasteiger charge is -2.30. The van der Waals surface area contributed by atoms with Gasteiger partial charge in [-0.1, -0.05) is 0 Å². The summed E-state index contributed by atoms with van der Waals surface area (Å²) in [6, 6.07) is 0.879. The highest BCUT2D eigenvalue weighted by atomic mass is 19.1. The number of ketones is 1. The summed E-state index contributed by atoms with van der Waals surface area (Å²) in [6.45, 7) is 0.126. The highest BCUT2D eigenvalue weighted by Crippen LogP contribution is 2.27. The molecule has 1 saturated heterocycles. The van der Waals surface area contributed by atoms with E-state index in [-0.39, 0.29) is 31.6 Å². The van der Waals surface area contributed by atoms with Gasteiger partial charge in [0.15, 0.2) is 5.78 Å². The molecule has 1 fully saturated rings. The minimum Gasteiger partial charge on any atom is -0.337 e. The monoisotopic (exact) mass is 396 g/mol. The maximum absolute atomic E-state index is 13.8. The van der Waals surface area contributed by atoms with Crippen LogP contribution in [0.25, 0.3) is 0 Å². The molecule has 2 aromatic rings. The van der Waals surface area contributed by atoms with Crippen molar-refractivity contribution in [1.29, 1.82) is 0 Å². The van der Waals surface area contributed by atoms with Gasteiger partial charge in [-0.15, -0.1) is 0 Å². The Morgan fingerprint density at radius 3 is 2.29 bits per heavy atom. The fraction of sp³-hybridized carbons (Fsp3) is 0.353. The molecule has 2 heterocycles. The number of piperidine rings is 1. The van der Waals surface area contributed by atoms with Crippen LogP contribution in [0.2, 0.25) is 0 Å². The van der Waals surface area contributed by atoms with E-state index in [0.29, 0.717) is 12.1 Å². The van der Waals surface area contributed by atoms with Crippen LogP contribution in [-0.2, 0) is 7.05 Å². The Kier molecular flexibility index (Phi) is 5.16. The number of likely N-dealkylation sites (tertiary alicyclic amines) is 1. The van der Waals surface area contributed by atoms with Crippen LogP contribution in [0.5, 0.6) is 0 Å². The van der Waals surface area contributed by atoms with E-state index in [1.165, 1.54) is 11.9 Å². The normalized spacial score (nSPS) is 14.9. The third kappa shape index (κ3) is 3.59. The Balaban J connectivity index is 1.72. The molecule has 28 heavy (non-hydrogen) atoms. The number of amides is 1. The molecule has 1 aromatic heterocycles. The zero-order valence-electron chi connectivity index (χ0n) is 14.7. The van der Waals surface area contributed by atoms with Crippen molar-refractivity contribution in [3.05, 3.63) is 57.2 Å². The number of hydrogen-bond acceptors (Lipinski definition) is 5. The Morgan fingerprint density at radius 1 is 1.18 bits per heavy atom. The van der Waals surface area contributed by atoms with E-state index in [1.54, 1.807) is 0 Å². The number of hydrogen-bond donors (Lipinski definition) is 0. The molecule has 0 saturated carbocycles. The lowest BCUT2D eigenvalue weighted by Crippen LogP contribution is -2.41. The van der Waals surface area contributed by atoms with Gasteiger partial charge in [0, 0.05) is 38.2 Å². The van der Waals surface area contributed by atoms with Gasteiger partial charge in [-0.05, 0) is 12.8 Å². The first-order valence-electron chi connectivity index (χ1n) is 8.35. The van der Waals surface area contributed by atoms with Crippen molar-refractivity contribution in [3.8, 4) is 0 Å². The summed E-state index contributed by atoms with van der Waals surface area (Å²) in [7, 11) is 1.44. The molecule has 148 valence electrons. The van der Waals surface area contributed by atoms with Gasteiger partial charge >= 0.3 is 5.69 Å². The van der Waals surface area contributed by atoms with Gasteiger partial charge in [-0.3, -0.25) is 24.4 Å². The number of aryl methyl sites for hydroxylation is 1. The fourth-order valence-electron chi connectivity index (χ4n) is 3.24. The molecule has 1 amide bonds. The van der Waals surface area contributed by atoms with Gasteiger partial charge in [-0.25, -0.2) is 13.2 Å². The SMILES string of the molecule is Cn1cc([N+](=O)[O-])c(C(=O)N2CCC(C(=O)c3c(F)cc(F)cc3F)CC2)n1. The lowest BCUT2D eigenvalue weighted by molar-refractivity contribution is -0.385. The van der Waals surface area contributed by atoms with Crippen LogP contribution in [0.3, 0.4) is 0 Å². The molecule has 0 aliphatic carbocycles. The quantitative estimate of drug-likeness (QED) is 0.449. The molecular weight excluding hydrogens is 381 g/mol. The van der Waals surface area contributed by atoms with E-state index in [0.717, 1.165) is 10.9 Å². The van der Waals surface area contributed by atoms with E-state index in [9.17, 15) is 32.9 Å². The molecular formula is C17H15F3N4O4. The van der Waals surface area contributed by atoms with Gasteiger partial charge in [0.25, 0.3) is 5.91 Å². The van der Waals surface area contributed by atoms with E-state index < -0.39 is 51.2 Å². The van der Waals surface area contributed by atoms with Crippen LogP contribution in [0.1, 0.15) is 33.7 Å². The fourth-order valence-corrected chi connectivity index (χ4v) is 3.24. The smallest absolute Gasteiger partial charge is 0.320 e. The van der Waals surface area contributed by atoms with E-state index in [4.69, 9.17) is 0 Å². The summed E-state index contributed by atoms with van der Waals surface area (Å²) in [5, 5.41) is 14.9. The van der Waals surface area contributed by atoms with Crippen LogP contribution in [0.15, 0.2) is 18.3 Å². The van der Waals surface area contributed by atoms with Crippen molar-refractivity contribution in [2.24, 2.45) is 13.0 Å². The summed E-state index contributed by atoms with van der Waals surface area (Å²) >= 11 is 0. The maximum Gasteiger partial charge on any atom is 0.320 e. The van der Waals surface area contributed by atoms with Crippen molar-refractivity contribution >= 4 is 17.4 Å². The van der Waals surface area contributed by atoms with E-state index in [2.05, 4.69) is 5.10 Å². The largest absolute Gasteiger partial charge is 0.337 e. The van der Waals surface area contributed by atoms with Gasteiger partial charge < -0.3 is 4.90 Å². The first-order valence-corrected chi connectivity index (χ1v) is 8.35. The molecule has 0 N–H and O–H groups in total. The van der Waals surface area contributed by atoms with Crippen LogP contribution >= 0.6 is 0 Å². The van der Waals surface area contributed by atoms with Gasteiger partial charge in [0.05, 0.1) is 10.5 Å². The predicted octanol–water partition coefficient (Wildman–Crippen LogP) is 2.48. The van der Waals surface area contributed by atoms with Crippen molar-refractivity contribution in [1.82, 2.24) is 14.7 Å². The molecule has 0 radical (unpaired) electrons. The maximum atomic E-state index is 13.8. The number of rotatable bonds is 4. The standard InChI is InChI=1S/C17H15F3N4O4/c1-22-8-13(24(27)28)15(21-22)17(26)23-4-2-9(3-5-23)16(25)14-11(19)6-10(18)7-12(14)20/h6-9H,2-5H2,1H3. The second-order valence-corrected chi connectivity index (χ2v) is 6.47. The Hall–Kier alpha value is -3.24. The van der Waals surface area contributed by atoms with Gasteiger partial charge in [0.2, 0.25) is 5.69 Å². The van der Waals surface area contributed by atoms with Crippen molar-refractivity contribution in [2.75, 3.05) is 13.1 Å². The molecule has 11 heteroatoms. The summed E-state index contributed by atoms with van der Waals surface area (Å²) in [6.07, 6.45) is 1.34. The number of Topliss-reactive ketones (excluding diaryl/α,β-unsaturated/α-hetero) is 1. The molecule has 1 aromatic carbocycles. The van der Waals surface area contributed by atoms with Crippen LogP contribution in [0.4, 0.5) is 18.9 Å². The zero-order valence-corrected chi connectivity index (χ0v) is 14.7. The Bertz CT molecular complexity index is 944. The number of aromatic nitrogens is 2. The third-order valence-corrected chi connectivity index (χ3v) is 4.61. The summed E-state index contributed by atoms with van der Waals surface area (Å²) in [5.74, 6) is -5.88. The summed E-state index contributed by atoms with van der Waals surface area (Å²) in [4.78, 5) is 36.6. The molecule has 0 unspecified atom stereocenters. The highest BCUT2D eigenvalue weighted by molar-refractivity contribution is 5.99. The summed E-state index contributed by atoms with van der Waals surface area (Å²) in [5.41, 5.74) is -1.54. The molecule has 0 spiro atoms. The van der Waals surface area contributed by atoms with Crippen LogP contribution in [-0.4, -0.2) is 44.4 Å². The van der Waals surface area contributed by atoms with Crippen LogP contribution < -0.4 is 0 Å². The topological polar surface area (TPSA) is 98.3 Å². The second-order valence-electron chi connectivity index (χ2n) is 6.47. The molecule has 0 atom stereocenters. The van der Waals surface area contributed by atoms with Crippen molar-refractivity contribution in [2.45, 2.75) is 12.8 Å². The molecule has 0 bridgehead atoms. The average Bonchev–Trinajstić information content (AvgIpc) is 3.02. The van der Waals surface area contributed by atoms with Gasteiger partial charge in [0.1, 0.15) is 23.6 Å². The molecule has 8 nitrogen and oxygen atoms in total. The number of nitrogens with zero attached hydrogens (tertiary/aromatic N) is 4. The second kappa shape index (κ2) is 7.41. The first-order chi connectivity index (χ1) is 13.2. The lowest BCUT2D eigenvalue weighted by atomic mass is 9.88. The third-order valence-electron chi connectivity index (χ3n) is 4.61. The molecule has 3 rings (SSSR count). The van der Waals surface area contributed by atoms with Gasteiger partial charge in [-0.2, -0.15) is 5.10 Å². The minimum atomic E-state index is -1.27. The van der Waals surface area contributed by atoms with E-state index >= 15 is 0 Å². The molecule has 1 aliphatic rings. The summed E-state index contributed by atoms with van der Waals surface area (Å²) < 4.78 is 41.8. The zero-order chi connectivity index (χ0) is 20.6.